The number of rotatable bonds is 1. The van der Waals surface area contributed by atoms with Gasteiger partial charge in [-0.3, -0.25) is 4.55 Å². The lowest BCUT2D eigenvalue weighted by atomic mass is 10.8. The van der Waals surface area contributed by atoms with Gasteiger partial charge in [0.1, 0.15) is 12.5 Å². The Morgan fingerprint density at radius 1 is 1.30 bits per heavy atom. The summed E-state index contributed by atoms with van der Waals surface area (Å²) in [6.07, 6.45) is 4.42. The molecule has 0 aromatic heterocycles. The Morgan fingerprint density at radius 2 is 1.80 bits per heavy atom. The van der Waals surface area contributed by atoms with Crippen LogP contribution in [0.4, 0.5) is 0 Å². The van der Waals surface area contributed by atoms with E-state index in [4.69, 9.17) is 4.55 Å². The summed E-state index contributed by atoms with van der Waals surface area (Å²) in [7, 11) is -4.15. The molecule has 0 radical (unpaired) electrons. The molecule has 1 aliphatic heterocycles. The van der Waals surface area contributed by atoms with E-state index < -0.39 is 10.3 Å². The Balaban J connectivity index is 2.84. The van der Waals surface area contributed by atoms with E-state index in [1.165, 1.54) is 0 Å². The first-order valence-electron chi connectivity index (χ1n) is 2.35. The van der Waals surface area contributed by atoms with Crippen LogP contribution in [0.2, 0.25) is 0 Å². The summed E-state index contributed by atoms with van der Waals surface area (Å²) in [5, 5.41) is 0. The van der Waals surface area contributed by atoms with Crippen molar-refractivity contribution in [1.29, 1.82) is 0 Å². The third-order valence-electron chi connectivity index (χ3n) is 0.839. The summed E-state index contributed by atoms with van der Waals surface area (Å²) in [5.74, 6) is 0. The highest BCUT2D eigenvalue weighted by Gasteiger charge is 2.12. The second-order valence-electron chi connectivity index (χ2n) is 1.51. The highest BCUT2D eigenvalue weighted by Crippen LogP contribution is 2.04. The van der Waals surface area contributed by atoms with Crippen molar-refractivity contribution in [1.82, 2.24) is 4.31 Å². The summed E-state index contributed by atoms with van der Waals surface area (Å²) in [6.45, 7) is 0. The Morgan fingerprint density at radius 3 is 2.10 bits per heavy atom. The average molecular weight is 163 g/mol. The van der Waals surface area contributed by atoms with E-state index in [1.807, 2.05) is 0 Å². The van der Waals surface area contributed by atoms with Crippen molar-refractivity contribution in [3.63, 3.8) is 0 Å². The van der Waals surface area contributed by atoms with Gasteiger partial charge in [0, 0.05) is 0 Å². The molecule has 1 N–H and O–H groups in total. The standard InChI is InChI=1S/C4H5NO4S/c6-10(7,8)5-1-3-9-4-2-5/h1-4H,(H,6,7,8). The molecule has 0 aromatic rings. The third kappa shape index (κ3) is 1.49. The zero-order valence-corrected chi connectivity index (χ0v) is 5.65. The molecule has 0 unspecified atom stereocenters. The molecule has 0 bridgehead atoms. The maximum Gasteiger partial charge on any atom is 0.363 e. The molecule has 0 amide bonds. The van der Waals surface area contributed by atoms with E-state index in [9.17, 15) is 8.42 Å². The maximum absolute atomic E-state index is 10.3. The predicted molar refractivity (Wildman–Crippen MR) is 32.8 cm³/mol. The lowest BCUT2D eigenvalue weighted by molar-refractivity contribution is 0.361. The normalized spacial score (nSPS) is 17.1. The third-order valence-corrected chi connectivity index (χ3v) is 1.62. The van der Waals surface area contributed by atoms with Crippen molar-refractivity contribution >= 4 is 10.3 Å². The zero-order chi connectivity index (χ0) is 7.61. The van der Waals surface area contributed by atoms with Gasteiger partial charge in [0.15, 0.2) is 0 Å². The van der Waals surface area contributed by atoms with Gasteiger partial charge in [-0.25, -0.2) is 4.31 Å². The summed E-state index contributed by atoms with van der Waals surface area (Å²) < 4.78 is 34.1. The first-order chi connectivity index (χ1) is 4.61. The maximum atomic E-state index is 10.3. The van der Waals surface area contributed by atoms with Gasteiger partial charge in [-0.2, -0.15) is 8.42 Å². The molecule has 10 heavy (non-hydrogen) atoms. The smallest absolute Gasteiger partial charge is 0.363 e. The van der Waals surface area contributed by atoms with Gasteiger partial charge in [0.25, 0.3) is 0 Å². The monoisotopic (exact) mass is 163 g/mol. The topological polar surface area (TPSA) is 66.8 Å². The van der Waals surface area contributed by atoms with E-state index >= 15 is 0 Å². The lowest BCUT2D eigenvalue weighted by Crippen LogP contribution is -2.20. The van der Waals surface area contributed by atoms with Gasteiger partial charge in [-0.1, -0.05) is 0 Å². The molecular formula is C4H5NO4S. The highest BCUT2D eigenvalue weighted by molar-refractivity contribution is 7.83. The molecule has 0 fully saturated rings. The van der Waals surface area contributed by atoms with Gasteiger partial charge >= 0.3 is 10.3 Å². The Bertz CT molecular complexity index is 253. The fourth-order valence-electron chi connectivity index (χ4n) is 0.439. The van der Waals surface area contributed by atoms with Crippen LogP contribution in [0.5, 0.6) is 0 Å². The quantitative estimate of drug-likeness (QED) is 0.555. The molecule has 1 rings (SSSR count). The predicted octanol–water partition coefficient (Wildman–Crippen LogP) is 0.0638. The fourth-order valence-corrected chi connectivity index (χ4v) is 0.846. The number of hydrogen-bond acceptors (Lipinski definition) is 3. The molecule has 0 saturated carbocycles. The summed E-state index contributed by atoms with van der Waals surface area (Å²) in [4.78, 5) is 0. The van der Waals surface area contributed by atoms with Crippen LogP contribution in [0.1, 0.15) is 0 Å². The SMILES string of the molecule is O=S(=O)(O)N1C=COC=C1. The zero-order valence-electron chi connectivity index (χ0n) is 4.84. The van der Waals surface area contributed by atoms with Crippen LogP contribution in [0, 0.1) is 0 Å². The summed E-state index contributed by atoms with van der Waals surface area (Å²) in [6, 6.07) is 0. The van der Waals surface area contributed by atoms with Crippen LogP contribution in [0.15, 0.2) is 24.9 Å². The van der Waals surface area contributed by atoms with Crippen LogP contribution in [0.3, 0.4) is 0 Å². The number of hydrogen-bond donors (Lipinski definition) is 1. The van der Waals surface area contributed by atoms with Crippen LogP contribution in [0.25, 0.3) is 0 Å². The minimum Gasteiger partial charge on any atom is -0.469 e. The van der Waals surface area contributed by atoms with Crippen molar-refractivity contribution < 1.29 is 17.7 Å². The van der Waals surface area contributed by atoms with Crippen molar-refractivity contribution in [2.75, 3.05) is 0 Å². The first-order valence-corrected chi connectivity index (χ1v) is 3.75. The van der Waals surface area contributed by atoms with Crippen molar-refractivity contribution in [2.24, 2.45) is 0 Å². The summed E-state index contributed by atoms with van der Waals surface area (Å²) in [5.41, 5.74) is 0. The van der Waals surface area contributed by atoms with Gasteiger partial charge < -0.3 is 4.74 Å². The van der Waals surface area contributed by atoms with Crippen molar-refractivity contribution in [3.8, 4) is 0 Å². The molecule has 0 aliphatic carbocycles. The number of nitrogens with zero attached hydrogens (tertiary/aromatic N) is 1. The van der Waals surface area contributed by atoms with Crippen LogP contribution in [-0.2, 0) is 15.0 Å². The molecule has 0 saturated heterocycles. The highest BCUT2D eigenvalue weighted by atomic mass is 32.2. The molecule has 0 aromatic carbocycles. The van der Waals surface area contributed by atoms with E-state index in [1.54, 1.807) is 0 Å². The molecule has 6 heteroatoms. The lowest BCUT2D eigenvalue weighted by Gasteiger charge is -2.12. The first kappa shape index (κ1) is 7.10. The molecule has 0 atom stereocenters. The minimum absolute atomic E-state index is 0.622. The van der Waals surface area contributed by atoms with E-state index in [0.717, 1.165) is 24.9 Å². The van der Waals surface area contributed by atoms with Crippen LogP contribution in [-0.4, -0.2) is 17.3 Å². The van der Waals surface area contributed by atoms with E-state index in [0.29, 0.717) is 4.31 Å². The van der Waals surface area contributed by atoms with Gasteiger partial charge in [-0.05, 0) is 0 Å². The van der Waals surface area contributed by atoms with Gasteiger partial charge in [0.05, 0.1) is 12.4 Å². The minimum atomic E-state index is -4.15. The second kappa shape index (κ2) is 2.31. The molecule has 1 heterocycles. The van der Waals surface area contributed by atoms with Gasteiger partial charge in [0.2, 0.25) is 0 Å². The van der Waals surface area contributed by atoms with E-state index in [2.05, 4.69) is 4.74 Å². The molecule has 0 spiro atoms. The summed E-state index contributed by atoms with van der Waals surface area (Å²) >= 11 is 0. The number of ether oxygens (including phenoxy) is 1. The van der Waals surface area contributed by atoms with Gasteiger partial charge in [-0.15, -0.1) is 0 Å². The fraction of sp³-hybridized carbons (Fsp3) is 0. The van der Waals surface area contributed by atoms with Crippen molar-refractivity contribution in [3.05, 3.63) is 24.9 Å². The largest absolute Gasteiger partial charge is 0.469 e. The van der Waals surface area contributed by atoms with Crippen LogP contribution >= 0.6 is 0 Å². The Labute approximate surface area is 58.1 Å². The Kier molecular flexibility index (Phi) is 1.64. The second-order valence-corrected chi connectivity index (χ2v) is 2.83. The average Bonchev–Trinajstić information content (AvgIpc) is 1.88. The Hall–Kier alpha value is -1.01. The molecule has 56 valence electrons. The van der Waals surface area contributed by atoms with Crippen molar-refractivity contribution in [2.45, 2.75) is 0 Å². The molecule has 1 aliphatic rings. The molecular weight excluding hydrogens is 158 g/mol. The van der Waals surface area contributed by atoms with Crippen LogP contribution < -0.4 is 0 Å². The molecule has 5 nitrogen and oxygen atoms in total. The van der Waals surface area contributed by atoms with E-state index in [-0.39, 0.29) is 0 Å².